The van der Waals surface area contributed by atoms with Crippen molar-refractivity contribution in [1.82, 2.24) is 5.43 Å². The fourth-order valence-corrected chi connectivity index (χ4v) is 2.19. The van der Waals surface area contributed by atoms with Crippen molar-refractivity contribution in [3.8, 4) is 0 Å². The van der Waals surface area contributed by atoms with Gasteiger partial charge in [0.25, 0.3) is 0 Å². The van der Waals surface area contributed by atoms with Gasteiger partial charge >= 0.3 is 0 Å². The monoisotopic (exact) mass is 226 g/mol. The first-order chi connectivity index (χ1) is 6.95. The molecule has 0 bridgehead atoms. The van der Waals surface area contributed by atoms with E-state index in [1.807, 2.05) is 0 Å². The van der Waals surface area contributed by atoms with E-state index < -0.39 is 0 Å². The number of thiophene rings is 1. The molecular weight excluding hydrogens is 204 g/mol. The van der Waals surface area contributed by atoms with Crippen molar-refractivity contribution in [2.45, 2.75) is 40.2 Å². The Bertz CT molecular complexity index is 274. The molecule has 1 rings (SSSR count). The lowest BCUT2D eigenvalue weighted by atomic mass is 9.78. The van der Waals surface area contributed by atoms with Gasteiger partial charge in [-0.15, -0.1) is 0 Å². The number of nitrogens with two attached hydrogens (primary N) is 1. The van der Waals surface area contributed by atoms with Crippen LogP contribution in [0.3, 0.4) is 0 Å². The molecule has 0 fully saturated rings. The van der Waals surface area contributed by atoms with Gasteiger partial charge in [-0.05, 0) is 40.1 Å². The molecule has 2 nitrogen and oxygen atoms in total. The maximum atomic E-state index is 5.61. The van der Waals surface area contributed by atoms with Crippen LogP contribution in [0.1, 0.15) is 45.7 Å². The first-order valence-electron chi connectivity index (χ1n) is 5.43. The third-order valence-electron chi connectivity index (χ3n) is 3.21. The summed E-state index contributed by atoms with van der Waals surface area (Å²) in [6, 6.07) is 2.43. The van der Waals surface area contributed by atoms with E-state index in [0.717, 1.165) is 6.42 Å². The molecule has 2 unspecified atom stereocenters. The van der Waals surface area contributed by atoms with E-state index in [2.05, 4.69) is 49.9 Å². The van der Waals surface area contributed by atoms with Crippen molar-refractivity contribution in [1.29, 1.82) is 0 Å². The smallest absolute Gasteiger partial charge is 0.0470 e. The average Bonchev–Trinajstić information content (AvgIpc) is 2.64. The summed E-state index contributed by atoms with van der Waals surface area (Å²) in [6.07, 6.45) is 1.08. The maximum absolute atomic E-state index is 5.61. The molecule has 86 valence electrons. The van der Waals surface area contributed by atoms with Crippen LogP contribution in [0.5, 0.6) is 0 Å². The standard InChI is InChI=1S/C12H22N2S/c1-9(12(2,3)4)7-11(14-13)10-5-6-15-8-10/h5-6,8-9,11,14H,7,13H2,1-4H3. The second-order valence-electron chi connectivity index (χ2n) is 5.28. The third kappa shape index (κ3) is 3.59. The van der Waals surface area contributed by atoms with Gasteiger partial charge in [0, 0.05) is 6.04 Å². The normalized spacial score (nSPS) is 16.3. The van der Waals surface area contributed by atoms with E-state index >= 15 is 0 Å². The summed E-state index contributed by atoms with van der Waals surface area (Å²) < 4.78 is 0. The van der Waals surface area contributed by atoms with Gasteiger partial charge in [-0.3, -0.25) is 11.3 Å². The molecule has 1 heterocycles. The SMILES string of the molecule is CC(CC(NN)c1ccsc1)C(C)(C)C. The van der Waals surface area contributed by atoms with E-state index in [4.69, 9.17) is 5.84 Å². The Kier molecular flexibility index (Phi) is 4.32. The fourth-order valence-electron chi connectivity index (χ4n) is 1.48. The largest absolute Gasteiger partial charge is 0.271 e. The Hall–Kier alpha value is -0.380. The molecule has 0 aliphatic carbocycles. The van der Waals surface area contributed by atoms with Crippen LogP contribution in [0.25, 0.3) is 0 Å². The van der Waals surface area contributed by atoms with E-state index in [9.17, 15) is 0 Å². The molecule has 0 saturated carbocycles. The quantitative estimate of drug-likeness (QED) is 0.610. The van der Waals surface area contributed by atoms with Crippen LogP contribution in [-0.4, -0.2) is 0 Å². The van der Waals surface area contributed by atoms with Gasteiger partial charge in [0.05, 0.1) is 0 Å². The first-order valence-corrected chi connectivity index (χ1v) is 6.37. The van der Waals surface area contributed by atoms with Crippen molar-refractivity contribution in [2.75, 3.05) is 0 Å². The van der Waals surface area contributed by atoms with Crippen molar-refractivity contribution in [3.05, 3.63) is 22.4 Å². The molecule has 1 aromatic rings. The Labute approximate surface area is 96.9 Å². The number of hydrogen-bond donors (Lipinski definition) is 2. The molecule has 2 atom stereocenters. The van der Waals surface area contributed by atoms with Gasteiger partial charge in [-0.25, -0.2) is 0 Å². The highest BCUT2D eigenvalue weighted by Gasteiger charge is 2.23. The Balaban J connectivity index is 2.63. The Morgan fingerprint density at radius 2 is 2.13 bits per heavy atom. The number of hydrazine groups is 1. The summed E-state index contributed by atoms with van der Waals surface area (Å²) in [6.45, 7) is 9.12. The molecule has 0 aromatic carbocycles. The molecule has 0 spiro atoms. The van der Waals surface area contributed by atoms with Crippen LogP contribution >= 0.6 is 11.3 Å². The topological polar surface area (TPSA) is 38.0 Å². The van der Waals surface area contributed by atoms with Crippen LogP contribution < -0.4 is 11.3 Å². The zero-order valence-corrected chi connectivity index (χ0v) is 10.9. The molecule has 3 heteroatoms. The Morgan fingerprint density at radius 3 is 2.53 bits per heavy atom. The van der Waals surface area contributed by atoms with Crippen LogP contribution in [-0.2, 0) is 0 Å². The van der Waals surface area contributed by atoms with Gasteiger partial charge in [0.15, 0.2) is 0 Å². The number of nitrogens with one attached hydrogen (secondary N) is 1. The van der Waals surface area contributed by atoms with E-state index in [-0.39, 0.29) is 6.04 Å². The molecule has 0 radical (unpaired) electrons. The fraction of sp³-hybridized carbons (Fsp3) is 0.667. The summed E-state index contributed by atoms with van der Waals surface area (Å²) in [7, 11) is 0. The molecule has 0 aliphatic heterocycles. The highest BCUT2D eigenvalue weighted by molar-refractivity contribution is 7.07. The number of rotatable bonds is 4. The second kappa shape index (κ2) is 5.10. The molecule has 1 aromatic heterocycles. The van der Waals surface area contributed by atoms with Gasteiger partial charge in [0.2, 0.25) is 0 Å². The second-order valence-corrected chi connectivity index (χ2v) is 6.06. The molecule has 0 amide bonds. The minimum Gasteiger partial charge on any atom is -0.271 e. The summed E-state index contributed by atoms with van der Waals surface area (Å²) in [4.78, 5) is 0. The van der Waals surface area contributed by atoms with Gasteiger partial charge in [0.1, 0.15) is 0 Å². The molecular formula is C12H22N2S. The Morgan fingerprint density at radius 1 is 1.47 bits per heavy atom. The molecule has 0 saturated heterocycles. The summed E-state index contributed by atoms with van der Waals surface area (Å²) >= 11 is 1.72. The van der Waals surface area contributed by atoms with E-state index in [1.54, 1.807) is 11.3 Å². The third-order valence-corrected chi connectivity index (χ3v) is 3.92. The van der Waals surface area contributed by atoms with Crippen molar-refractivity contribution < 1.29 is 0 Å². The van der Waals surface area contributed by atoms with Crippen LogP contribution in [0.2, 0.25) is 0 Å². The molecule has 0 aliphatic rings. The molecule has 15 heavy (non-hydrogen) atoms. The average molecular weight is 226 g/mol. The summed E-state index contributed by atoms with van der Waals surface area (Å²) in [5.41, 5.74) is 4.56. The lowest BCUT2D eigenvalue weighted by Crippen LogP contribution is -2.31. The first kappa shape index (κ1) is 12.7. The minimum atomic E-state index is 0.283. The maximum Gasteiger partial charge on any atom is 0.0470 e. The lowest BCUT2D eigenvalue weighted by molar-refractivity contribution is 0.223. The number of hydrogen-bond acceptors (Lipinski definition) is 3. The lowest BCUT2D eigenvalue weighted by Gasteiger charge is -2.30. The van der Waals surface area contributed by atoms with Gasteiger partial charge in [-0.1, -0.05) is 27.7 Å². The zero-order valence-electron chi connectivity index (χ0n) is 10.1. The van der Waals surface area contributed by atoms with Crippen LogP contribution in [0.4, 0.5) is 0 Å². The van der Waals surface area contributed by atoms with E-state index in [0.29, 0.717) is 11.3 Å². The van der Waals surface area contributed by atoms with Crippen LogP contribution in [0, 0.1) is 11.3 Å². The summed E-state index contributed by atoms with van der Waals surface area (Å²) in [5, 5.41) is 4.27. The van der Waals surface area contributed by atoms with Gasteiger partial charge in [-0.2, -0.15) is 11.3 Å². The summed E-state index contributed by atoms with van der Waals surface area (Å²) in [5.74, 6) is 6.25. The predicted octanol–water partition coefficient (Wildman–Crippen LogP) is 3.32. The van der Waals surface area contributed by atoms with Crippen molar-refractivity contribution >= 4 is 11.3 Å². The highest BCUT2D eigenvalue weighted by Crippen LogP contribution is 2.33. The molecule has 3 N–H and O–H groups in total. The van der Waals surface area contributed by atoms with E-state index in [1.165, 1.54) is 5.56 Å². The van der Waals surface area contributed by atoms with Crippen molar-refractivity contribution in [2.24, 2.45) is 17.2 Å². The zero-order chi connectivity index (χ0) is 11.5. The highest BCUT2D eigenvalue weighted by atomic mass is 32.1. The predicted molar refractivity (Wildman–Crippen MR) is 67.6 cm³/mol. The van der Waals surface area contributed by atoms with Crippen LogP contribution in [0.15, 0.2) is 16.8 Å². The minimum absolute atomic E-state index is 0.283. The van der Waals surface area contributed by atoms with Crippen molar-refractivity contribution in [3.63, 3.8) is 0 Å². The van der Waals surface area contributed by atoms with Gasteiger partial charge < -0.3 is 0 Å².